The molecule has 0 fully saturated rings. The first kappa shape index (κ1) is 67.6. The van der Waals surface area contributed by atoms with Gasteiger partial charge in [-0.1, -0.05) is 255 Å². The molecule has 1 unspecified atom stereocenters. The van der Waals surface area contributed by atoms with Crippen molar-refractivity contribution in [1.29, 1.82) is 0 Å². The molecule has 408 valence electrons. The summed E-state index contributed by atoms with van der Waals surface area (Å²) in [4.78, 5) is 25.6. The lowest BCUT2D eigenvalue weighted by Gasteiger charge is -2.18. The highest BCUT2D eigenvalue weighted by Crippen LogP contribution is 2.16. The molecule has 0 aromatic heterocycles. The monoisotopic (exact) mass is 979 g/mol. The molecule has 0 aliphatic carbocycles. The van der Waals surface area contributed by atoms with Crippen molar-refractivity contribution in [3.63, 3.8) is 0 Å². The smallest absolute Gasteiger partial charge is 0.306 e. The zero-order chi connectivity index (χ0) is 50.6. The molecule has 5 nitrogen and oxygen atoms in total. The quantitative estimate of drug-likeness (QED) is 0.0345. The molecular weight excluding hydrogens is 861 g/mol. The van der Waals surface area contributed by atoms with Crippen LogP contribution in [0, 0.1) is 0 Å². The van der Waals surface area contributed by atoms with Crippen LogP contribution in [0.4, 0.5) is 0 Å². The molecular formula is C65H118O5. The molecule has 0 amide bonds. The molecule has 0 heterocycles. The number of ether oxygens (including phenoxy) is 3. The summed E-state index contributed by atoms with van der Waals surface area (Å²) in [5, 5.41) is 0. The van der Waals surface area contributed by atoms with Crippen LogP contribution in [0.15, 0.2) is 60.8 Å². The summed E-state index contributed by atoms with van der Waals surface area (Å²) in [6.45, 7) is 7.80. The van der Waals surface area contributed by atoms with E-state index in [-0.39, 0.29) is 25.2 Å². The van der Waals surface area contributed by atoms with Gasteiger partial charge in [-0.15, -0.1) is 0 Å². The van der Waals surface area contributed by atoms with Crippen LogP contribution in [0.2, 0.25) is 0 Å². The summed E-state index contributed by atoms with van der Waals surface area (Å²) in [5.74, 6) is -0.398. The Balaban J connectivity index is 4.28. The van der Waals surface area contributed by atoms with Gasteiger partial charge in [0.15, 0.2) is 6.10 Å². The lowest BCUT2D eigenvalue weighted by Crippen LogP contribution is -2.30. The number of carbonyl (C=O) groups excluding carboxylic acids is 2. The summed E-state index contributed by atoms with van der Waals surface area (Å²) in [6.07, 6.45) is 78.2. The van der Waals surface area contributed by atoms with Crippen LogP contribution in [-0.2, 0) is 23.8 Å². The summed E-state index contributed by atoms with van der Waals surface area (Å²) in [5.41, 5.74) is 0. The Morgan fingerprint density at radius 1 is 0.314 bits per heavy atom. The predicted molar refractivity (Wildman–Crippen MR) is 307 cm³/mol. The molecule has 0 aliphatic rings. The molecule has 0 N–H and O–H groups in total. The summed E-state index contributed by atoms with van der Waals surface area (Å²) in [7, 11) is 0. The molecule has 0 aliphatic heterocycles. The first-order chi connectivity index (χ1) is 34.6. The molecule has 0 bridgehead atoms. The third kappa shape index (κ3) is 58.2. The minimum atomic E-state index is -0.546. The van der Waals surface area contributed by atoms with Gasteiger partial charge in [-0.05, 0) is 109 Å². The predicted octanol–water partition coefficient (Wildman–Crippen LogP) is 21.2. The lowest BCUT2D eigenvalue weighted by atomic mass is 10.1. The molecule has 0 radical (unpaired) electrons. The van der Waals surface area contributed by atoms with Crippen molar-refractivity contribution in [3.05, 3.63) is 60.8 Å². The van der Waals surface area contributed by atoms with Crippen LogP contribution in [0.25, 0.3) is 0 Å². The average Bonchev–Trinajstić information content (AvgIpc) is 3.36. The maximum Gasteiger partial charge on any atom is 0.306 e. The molecule has 0 spiro atoms. The molecule has 1 atom stereocenters. The van der Waals surface area contributed by atoms with E-state index in [2.05, 4.69) is 81.5 Å². The van der Waals surface area contributed by atoms with Crippen LogP contribution in [0.5, 0.6) is 0 Å². The minimum absolute atomic E-state index is 0.0798. The van der Waals surface area contributed by atoms with Gasteiger partial charge in [0.1, 0.15) is 6.61 Å². The average molecular weight is 980 g/mol. The number of hydrogen-bond donors (Lipinski definition) is 0. The lowest BCUT2D eigenvalue weighted by molar-refractivity contribution is -0.163. The Labute approximate surface area is 436 Å². The Morgan fingerprint density at radius 3 is 0.986 bits per heavy atom. The van der Waals surface area contributed by atoms with E-state index in [0.29, 0.717) is 19.4 Å². The Hall–Kier alpha value is -2.40. The van der Waals surface area contributed by atoms with E-state index in [1.54, 1.807) is 0 Å². The van der Waals surface area contributed by atoms with E-state index >= 15 is 0 Å². The van der Waals surface area contributed by atoms with Gasteiger partial charge in [0, 0.05) is 19.4 Å². The largest absolute Gasteiger partial charge is 0.462 e. The van der Waals surface area contributed by atoms with Gasteiger partial charge in [0.25, 0.3) is 0 Å². The van der Waals surface area contributed by atoms with Crippen LogP contribution in [-0.4, -0.2) is 37.9 Å². The highest BCUT2D eigenvalue weighted by Gasteiger charge is 2.17. The highest BCUT2D eigenvalue weighted by atomic mass is 16.6. The number of carbonyl (C=O) groups is 2. The number of allylic oxidation sites excluding steroid dienone is 10. The first-order valence-electron chi connectivity index (χ1n) is 30.8. The zero-order valence-electron chi connectivity index (χ0n) is 47.0. The van der Waals surface area contributed by atoms with Crippen molar-refractivity contribution >= 4 is 11.9 Å². The fourth-order valence-electron chi connectivity index (χ4n) is 8.86. The maximum absolute atomic E-state index is 12.9. The molecule has 70 heavy (non-hydrogen) atoms. The van der Waals surface area contributed by atoms with Crippen molar-refractivity contribution in [3.8, 4) is 0 Å². The maximum atomic E-state index is 12.9. The van der Waals surface area contributed by atoms with Gasteiger partial charge in [0.05, 0.1) is 6.61 Å². The summed E-state index contributed by atoms with van der Waals surface area (Å²) >= 11 is 0. The third-order valence-electron chi connectivity index (χ3n) is 13.5. The van der Waals surface area contributed by atoms with E-state index in [0.717, 1.165) is 57.8 Å². The van der Waals surface area contributed by atoms with Crippen LogP contribution in [0.1, 0.15) is 316 Å². The SMILES string of the molecule is CCCCC/C=C\C/C=C\CCCCCCCCCCOCC(COC(=O)CCCCCCCCCCC/C=C\CCCCCCCC)OC(=O)CCCCCCCCC/C=C\C/C=C\CCCCC. The minimum Gasteiger partial charge on any atom is -0.462 e. The second kappa shape index (κ2) is 60.9. The van der Waals surface area contributed by atoms with Crippen LogP contribution >= 0.6 is 0 Å². The molecule has 0 aromatic carbocycles. The molecule has 0 saturated heterocycles. The Kier molecular flexibility index (Phi) is 58.8. The van der Waals surface area contributed by atoms with Crippen molar-refractivity contribution in [1.82, 2.24) is 0 Å². The normalized spacial score (nSPS) is 12.6. The van der Waals surface area contributed by atoms with Gasteiger partial charge >= 0.3 is 11.9 Å². The zero-order valence-corrected chi connectivity index (χ0v) is 47.0. The van der Waals surface area contributed by atoms with E-state index < -0.39 is 6.10 Å². The topological polar surface area (TPSA) is 61.8 Å². The summed E-state index contributed by atoms with van der Waals surface area (Å²) < 4.78 is 17.5. The molecule has 5 heteroatoms. The van der Waals surface area contributed by atoms with Gasteiger partial charge in [-0.25, -0.2) is 0 Å². The third-order valence-corrected chi connectivity index (χ3v) is 13.5. The molecule has 0 rings (SSSR count). The first-order valence-corrected chi connectivity index (χ1v) is 30.8. The second-order valence-electron chi connectivity index (χ2n) is 20.6. The van der Waals surface area contributed by atoms with Crippen molar-refractivity contribution in [2.75, 3.05) is 19.8 Å². The van der Waals surface area contributed by atoms with E-state index in [1.165, 1.54) is 225 Å². The van der Waals surface area contributed by atoms with Crippen molar-refractivity contribution in [2.24, 2.45) is 0 Å². The summed E-state index contributed by atoms with van der Waals surface area (Å²) in [6, 6.07) is 0. The standard InChI is InChI=1S/C65H118O5/c1-4-7-10-13-16-19-22-25-28-31-33-35-37-40-43-46-49-52-55-58-64(66)69-62-63(61-68-60-57-54-51-48-45-42-39-36-32-29-26-23-20-17-14-11-8-5-2)70-65(67)59-56-53-50-47-44-41-38-34-30-27-24-21-18-15-12-9-6-3/h17-18,20-21,25-30,63H,4-16,19,22-24,31-62H2,1-3H3/b20-17-,21-18-,28-25-,29-26-,30-27-. The van der Waals surface area contributed by atoms with Crippen LogP contribution < -0.4 is 0 Å². The Morgan fingerprint density at radius 2 is 0.600 bits per heavy atom. The van der Waals surface area contributed by atoms with Gasteiger partial charge in [-0.2, -0.15) is 0 Å². The fraction of sp³-hybridized carbons (Fsp3) is 0.815. The second-order valence-corrected chi connectivity index (χ2v) is 20.6. The van der Waals surface area contributed by atoms with E-state index in [9.17, 15) is 9.59 Å². The highest BCUT2D eigenvalue weighted by molar-refractivity contribution is 5.70. The van der Waals surface area contributed by atoms with Crippen molar-refractivity contribution in [2.45, 2.75) is 322 Å². The van der Waals surface area contributed by atoms with Gasteiger partial charge < -0.3 is 14.2 Å². The van der Waals surface area contributed by atoms with E-state index in [1.807, 2.05) is 0 Å². The van der Waals surface area contributed by atoms with E-state index in [4.69, 9.17) is 14.2 Å². The number of esters is 2. The Bertz CT molecular complexity index is 1200. The fourth-order valence-corrected chi connectivity index (χ4v) is 8.86. The van der Waals surface area contributed by atoms with Gasteiger partial charge in [0.2, 0.25) is 0 Å². The van der Waals surface area contributed by atoms with Crippen molar-refractivity contribution < 1.29 is 23.8 Å². The number of hydrogen-bond acceptors (Lipinski definition) is 5. The number of unbranched alkanes of at least 4 members (excludes halogenated alkanes) is 36. The molecule has 0 aromatic rings. The van der Waals surface area contributed by atoms with Crippen LogP contribution in [0.3, 0.4) is 0 Å². The molecule has 0 saturated carbocycles. The number of rotatable bonds is 57. The van der Waals surface area contributed by atoms with Gasteiger partial charge in [-0.3, -0.25) is 9.59 Å².